The zero-order chi connectivity index (χ0) is 56.5. The van der Waals surface area contributed by atoms with Gasteiger partial charge in [-0.2, -0.15) is 48.1 Å². The van der Waals surface area contributed by atoms with E-state index in [1.165, 1.54) is 6.92 Å². The lowest BCUT2D eigenvalue weighted by molar-refractivity contribution is -0.141. The standard InChI is InChI=1S/C21H20N4O3.C19H17F3N4O2.C19H20N4O2/c1-11-10-17-20(26-11)22-13(3)23-21(17)27-12(2)14-4-8-16(9-5-14)19-24-18(25-28-19)15-6-7-15;1-10(27-16-9-15(19(20,21)22)23-11(2)24-16)12-3-7-14(8-4-12)18-25-17(26-28-18)13-5-6-13;1-11-10-17(21-13(3)20-11)24-12(2)14-4-8-16(9-5-14)19-22-18(23-25-19)15-6-7-15/h4-5,8-10,12,15H,6-7H2,1-3H3;3-4,7-10,13H,5-6H2,1-2H3;4-5,8-10,12,15H,6-7H2,1-3H3. The molecule has 416 valence electrons. The number of hydrogen-bond acceptors (Lipinski definition) is 19. The highest BCUT2D eigenvalue weighted by Gasteiger charge is 2.34. The van der Waals surface area contributed by atoms with Gasteiger partial charge in [-0.25, -0.2) is 9.97 Å². The fourth-order valence-corrected chi connectivity index (χ4v) is 8.70. The van der Waals surface area contributed by atoms with E-state index in [1.807, 2.05) is 114 Å². The summed E-state index contributed by atoms with van der Waals surface area (Å²) in [4.78, 5) is 38.1. The van der Waals surface area contributed by atoms with E-state index in [2.05, 4.69) is 60.3 Å². The maximum absolute atomic E-state index is 12.9. The number of aromatic nitrogens is 12. The van der Waals surface area contributed by atoms with Crippen LogP contribution in [0, 0.1) is 34.6 Å². The average Bonchev–Trinajstić information content (AvgIpc) is 4.43. The molecule has 10 aromatic rings. The van der Waals surface area contributed by atoms with Gasteiger partial charge in [0.2, 0.25) is 23.4 Å². The zero-order valence-electron chi connectivity index (χ0n) is 45.7. The van der Waals surface area contributed by atoms with Crippen LogP contribution >= 0.6 is 0 Å². The number of hydrogen-bond donors (Lipinski definition) is 0. The zero-order valence-corrected chi connectivity index (χ0v) is 45.7. The molecule has 3 fully saturated rings. The molecule has 3 aliphatic rings. The van der Waals surface area contributed by atoms with Crippen LogP contribution in [0.4, 0.5) is 13.2 Å². The fourth-order valence-electron chi connectivity index (χ4n) is 8.70. The van der Waals surface area contributed by atoms with Gasteiger partial charge < -0.3 is 32.2 Å². The second-order valence-electron chi connectivity index (χ2n) is 20.5. The lowest BCUT2D eigenvalue weighted by Gasteiger charge is -2.16. The largest absolute Gasteiger partial charge is 0.470 e. The third-order valence-corrected chi connectivity index (χ3v) is 13.6. The van der Waals surface area contributed by atoms with Crippen molar-refractivity contribution in [2.24, 2.45) is 0 Å². The molecular formula is C59H57F3N12O7. The first kappa shape index (κ1) is 54.0. The highest BCUT2D eigenvalue weighted by molar-refractivity contribution is 5.79. The molecule has 3 aromatic carbocycles. The van der Waals surface area contributed by atoms with E-state index in [9.17, 15) is 13.2 Å². The summed E-state index contributed by atoms with van der Waals surface area (Å²) < 4.78 is 78.1. The van der Waals surface area contributed by atoms with Gasteiger partial charge in [0, 0.05) is 52.3 Å². The van der Waals surface area contributed by atoms with Crippen LogP contribution in [0.3, 0.4) is 0 Å². The molecule has 22 heteroatoms. The molecule has 19 nitrogen and oxygen atoms in total. The van der Waals surface area contributed by atoms with E-state index in [4.69, 9.17) is 32.2 Å². The normalized spacial score (nSPS) is 15.2. The summed E-state index contributed by atoms with van der Waals surface area (Å²) in [7, 11) is 0. The van der Waals surface area contributed by atoms with Gasteiger partial charge in [0.25, 0.3) is 17.7 Å². The maximum atomic E-state index is 12.9. The molecule has 3 saturated carbocycles. The van der Waals surface area contributed by atoms with Crippen LogP contribution in [-0.2, 0) is 6.18 Å². The van der Waals surface area contributed by atoms with Crippen LogP contribution in [0.25, 0.3) is 45.5 Å². The number of alkyl halides is 3. The third kappa shape index (κ3) is 13.4. The monoisotopic (exact) mass is 1100 g/mol. The molecule has 7 heterocycles. The van der Waals surface area contributed by atoms with Gasteiger partial charge in [0.1, 0.15) is 46.9 Å². The molecule has 0 amide bonds. The van der Waals surface area contributed by atoms with Crippen molar-refractivity contribution in [2.45, 2.75) is 136 Å². The van der Waals surface area contributed by atoms with Crippen molar-refractivity contribution in [3.05, 3.63) is 160 Å². The number of nitrogens with zero attached hydrogens (tertiary/aromatic N) is 12. The number of ether oxygens (including phenoxy) is 3. The first-order valence-corrected chi connectivity index (χ1v) is 26.8. The Morgan fingerprint density at radius 2 is 0.852 bits per heavy atom. The number of benzene rings is 3. The minimum Gasteiger partial charge on any atom is -0.470 e. The molecule has 3 aliphatic carbocycles. The molecule has 0 spiro atoms. The smallest absolute Gasteiger partial charge is 0.433 e. The molecule has 0 radical (unpaired) electrons. The molecule has 7 aromatic heterocycles. The Hall–Kier alpha value is -8.95. The lowest BCUT2D eigenvalue weighted by atomic mass is 10.1. The number of halogens is 3. The van der Waals surface area contributed by atoms with Crippen LogP contribution in [0.2, 0.25) is 0 Å². The number of fused-ring (bicyclic) bond motifs is 1. The van der Waals surface area contributed by atoms with Crippen molar-refractivity contribution in [3.63, 3.8) is 0 Å². The second kappa shape index (κ2) is 22.7. The van der Waals surface area contributed by atoms with Crippen molar-refractivity contribution in [2.75, 3.05) is 0 Å². The quantitative estimate of drug-likeness (QED) is 0.0927. The molecule has 0 N–H and O–H groups in total. The average molecular weight is 1100 g/mol. The van der Waals surface area contributed by atoms with E-state index in [0.29, 0.717) is 64.5 Å². The summed E-state index contributed by atoms with van der Waals surface area (Å²) >= 11 is 0. The van der Waals surface area contributed by atoms with Crippen LogP contribution < -0.4 is 14.2 Å². The summed E-state index contributed by atoms with van der Waals surface area (Å²) in [5, 5.41) is 12.9. The summed E-state index contributed by atoms with van der Waals surface area (Å²) in [6.07, 6.45) is 1.44. The molecule has 0 saturated heterocycles. The van der Waals surface area contributed by atoms with E-state index in [-0.39, 0.29) is 23.9 Å². The SMILES string of the molecule is Cc1cc(OC(C)c2ccc(-c3nc(C4CC4)no3)cc2)nc(C)n1.Cc1nc(OC(C)c2ccc(-c3nc(C4CC4)no3)cc2)c2cc(C)oc2n1.Cc1nc(OC(C)c2ccc(-c3nc(C4CC4)no3)cc2)cc(C(F)(F)F)n1. The van der Waals surface area contributed by atoms with Crippen LogP contribution in [-0.4, -0.2) is 60.3 Å². The van der Waals surface area contributed by atoms with Gasteiger partial charge in [-0.05, 0) is 153 Å². The highest BCUT2D eigenvalue weighted by Crippen LogP contribution is 2.41. The number of furan rings is 1. The Kier molecular flexibility index (Phi) is 15.1. The molecule has 0 aliphatic heterocycles. The predicted octanol–water partition coefficient (Wildman–Crippen LogP) is 13.9. The van der Waals surface area contributed by atoms with Gasteiger partial charge in [0.05, 0.1) is 0 Å². The minimum atomic E-state index is -4.56. The summed E-state index contributed by atoms with van der Waals surface area (Å²) in [5.74, 6) is 8.42. The summed E-state index contributed by atoms with van der Waals surface area (Å²) in [5.41, 5.74) is 5.86. The molecule has 0 bridgehead atoms. The van der Waals surface area contributed by atoms with Crippen molar-refractivity contribution >= 4 is 11.1 Å². The first-order valence-electron chi connectivity index (χ1n) is 26.8. The van der Waals surface area contributed by atoms with Gasteiger partial charge >= 0.3 is 6.18 Å². The summed E-state index contributed by atoms with van der Waals surface area (Å²) in [6.45, 7) is 14.6. The lowest BCUT2D eigenvalue weighted by Crippen LogP contribution is -2.12. The summed E-state index contributed by atoms with van der Waals surface area (Å²) in [6, 6.07) is 27.7. The van der Waals surface area contributed by atoms with Crippen LogP contribution in [0.1, 0.15) is 164 Å². The maximum Gasteiger partial charge on any atom is 0.433 e. The van der Waals surface area contributed by atoms with Crippen molar-refractivity contribution in [3.8, 4) is 52.0 Å². The number of rotatable bonds is 15. The third-order valence-electron chi connectivity index (χ3n) is 13.6. The molecule has 13 rings (SSSR count). The van der Waals surface area contributed by atoms with Gasteiger partial charge in [-0.3, -0.25) is 0 Å². The molecule has 3 atom stereocenters. The van der Waals surface area contributed by atoms with E-state index in [1.54, 1.807) is 19.1 Å². The van der Waals surface area contributed by atoms with Gasteiger partial charge in [-0.1, -0.05) is 51.9 Å². The van der Waals surface area contributed by atoms with Crippen LogP contribution in [0.15, 0.2) is 109 Å². The van der Waals surface area contributed by atoms with Crippen molar-refractivity contribution in [1.82, 2.24) is 60.3 Å². The topological polar surface area (TPSA) is 235 Å². The predicted molar refractivity (Wildman–Crippen MR) is 287 cm³/mol. The Labute approximate surface area is 463 Å². The van der Waals surface area contributed by atoms with Crippen molar-refractivity contribution in [1.29, 1.82) is 0 Å². The highest BCUT2D eigenvalue weighted by atomic mass is 19.4. The van der Waals surface area contributed by atoms with Gasteiger partial charge in [0.15, 0.2) is 23.2 Å². The van der Waals surface area contributed by atoms with Gasteiger partial charge in [-0.15, -0.1) is 0 Å². The van der Waals surface area contributed by atoms with E-state index >= 15 is 0 Å². The molecular weight excluding hydrogens is 1050 g/mol. The van der Waals surface area contributed by atoms with E-state index in [0.717, 1.165) is 112 Å². The molecule has 81 heavy (non-hydrogen) atoms. The first-order chi connectivity index (χ1) is 38.9. The fraction of sp³-hybridized carbons (Fsp3) is 0.356. The second-order valence-corrected chi connectivity index (χ2v) is 20.5. The molecule has 3 unspecified atom stereocenters. The Balaban J connectivity index is 0.000000128. The minimum absolute atomic E-state index is 0.00441. The Morgan fingerprint density at radius 1 is 0.457 bits per heavy atom. The number of aryl methyl sites for hydroxylation is 5. The van der Waals surface area contributed by atoms with Crippen molar-refractivity contribution < 1.29 is 45.4 Å². The van der Waals surface area contributed by atoms with E-state index < -0.39 is 18.0 Å². The van der Waals surface area contributed by atoms with Crippen LogP contribution in [0.5, 0.6) is 17.6 Å². The Morgan fingerprint density at radius 3 is 1.26 bits per heavy atom. The Bertz CT molecular complexity index is 3770.